The number of nitrogens with one attached hydrogen (secondary N) is 2. The molecule has 0 spiro atoms. The average Bonchev–Trinajstić information content (AvgIpc) is 2.88. The Morgan fingerprint density at radius 2 is 2.18 bits per heavy atom. The Hall–Kier alpha value is -0.450. The van der Waals surface area contributed by atoms with Gasteiger partial charge in [-0.15, -0.1) is 35.3 Å². The van der Waals surface area contributed by atoms with Crippen molar-refractivity contribution in [2.24, 2.45) is 4.99 Å². The second-order valence-corrected chi connectivity index (χ2v) is 6.10. The third kappa shape index (κ3) is 9.54. The molecule has 0 aliphatic carbocycles. The topological polar surface area (TPSA) is 61.8 Å². The Bertz CT molecular complexity index is 427. The summed E-state index contributed by atoms with van der Waals surface area (Å²) in [7, 11) is 3.81. The molecule has 2 N–H and O–H groups in total. The fourth-order valence-electron chi connectivity index (χ4n) is 1.69. The number of hydrogen-bond donors (Lipinski definition) is 2. The van der Waals surface area contributed by atoms with Gasteiger partial charge in [0.05, 0.1) is 13.2 Å². The highest BCUT2D eigenvalue weighted by atomic mass is 127. The van der Waals surface area contributed by atoms with Crippen LogP contribution in [0.4, 0.5) is 0 Å². The number of aromatic nitrogens is 1. The van der Waals surface area contributed by atoms with Crippen LogP contribution in [0.5, 0.6) is 0 Å². The van der Waals surface area contributed by atoms with E-state index in [4.69, 9.17) is 4.74 Å². The predicted octanol–water partition coefficient (Wildman–Crippen LogP) is 1.70. The molecule has 8 heteroatoms. The van der Waals surface area contributed by atoms with Gasteiger partial charge in [-0.25, -0.2) is 9.98 Å². The number of guanidine groups is 1. The molecule has 0 radical (unpaired) electrons. The Morgan fingerprint density at radius 3 is 2.77 bits per heavy atom. The molecule has 1 rings (SSSR count). The first-order valence-electron chi connectivity index (χ1n) is 7.26. The van der Waals surface area contributed by atoms with Crippen LogP contribution in [-0.2, 0) is 11.3 Å². The van der Waals surface area contributed by atoms with Crippen molar-refractivity contribution in [1.82, 2.24) is 20.5 Å². The molecule has 1 aromatic rings. The molecular weight excluding hydrogens is 413 g/mol. The van der Waals surface area contributed by atoms with E-state index in [9.17, 15) is 0 Å². The first-order chi connectivity index (χ1) is 10.2. The van der Waals surface area contributed by atoms with Gasteiger partial charge >= 0.3 is 0 Å². The molecule has 128 valence electrons. The maximum atomic E-state index is 5.06. The Kier molecular flexibility index (Phi) is 12.8. The second kappa shape index (κ2) is 13.0. The van der Waals surface area contributed by atoms with E-state index in [0.29, 0.717) is 6.54 Å². The van der Waals surface area contributed by atoms with Crippen molar-refractivity contribution >= 4 is 41.3 Å². The van der Waals surface area contributed by atoms with Gasteiger partial charge in [0.1, 0.15) is 5.01 Å². The van der Waals surface area contributed by atoms with Gasteiger partial charge in [0.15, 0.2) is 5.96 Å². The summed E-state index contributed by atoms with van der Waals surface area (Å²) in [5.74, 6) is 0.838. The number of halogens is 1. The predicted molar refractivity (Wildman–Crippen MR) is 104 cm³/mol. The maximum absolute atomic E-state index is 5.06. The lowest BCUT2D eigenvalue weighted by Gasteiger charge is -2.17. The van der Waals surface area contributed by atoms with E-state index in [1.807, 2.05) is 6.20 Å². The molecule has 0 bridgehead atoms. The molecule has 0 aromatic carbocycles. The molecule has 1 aromatic heterocycles. The number of nitrogens with zero attached hydrogens (tertiary/aromatic N) is 3. The second-order valence-electron chi connectivity index (χ2n) is 4.78. The number of hydrogen-bond acceptors (Lipinski definition) is 5. The fraction of sp³-hybridized carbons (Fsp3) is 0.714. The number of aliphatic imine (C=N–C) groups is 1. The van der Waals surface area contributed by atoms with E-state index in [-0.39, 0.29) is 24.0 Å². The Morgan fingerprint density at radius 1 is 1.41 bits per heavy atom. The number of ether oxygens (including phenoxy) is 1. The van der Waals surface area contributed by atoms with Gasteiger partial charge in [0.25, 0.3) is 0 Å². The van der Waals surface area contributed by atoms with Crippen LogP contribution >= 0.6 is 35.3 Å². The molecular formula is C14H28IN5OS. The van der Waals surface area contributed by atoms with E-state index in [1.165, 1.54) is 4.88 Å². The SMILES string of the molecule is CCNC(=NCc1ncc(C)s1)NCCN(C)CCOC.I. The van der Waals surface area contributed by atoms with Gasteiger partial charge in [0, 0.05) is 44.4 Å². The van der Waals surface area contributed by atoms with Crippen molar-refractivity contribution in [2.75, 3.05) is 46.9 Å². The largest absolute Gasteiger partial charge is 0.383 e. The summed E-state index contributed by atoms with van der Waals surface area (Å²) in [6, 6.07) is 0. The number of rotatable bonds is 9. The first kappa shape index (κ1) is 21.6. The van der Waals surface area contributed by atoms with Crippen molar-refractivity contribution < 1.29 is 4.74 Å². The van der Waals surface area contributed by atoms with Gasteiger partial charge < -0.3 is 20.3 Å². The number of methoxy groups -OCH3 is 1. The van der Waals surface area contributed by atoms with E-state index >= 15 is 0 Å². The smallest absolute Gasteiger partial charge is 0.191 e. The molecule has 6 nitrogen and oxygen atoms in total. The highest BCUT2D eigenvalue weighted by Gasteiger charge is 2.02. The molecule has 0 saturated heterocycles. The molecule has 0 aliphatic heterocycles. The van der Waals surface area contributed by atoms with E-state index in [2.05, 4.69) is 46.4 Å². The minimum Gasteiger partial charge on any atom is -0.383 e. The van der Waals surface area contributed by atoms with Crippen LogP contribution in [0.15, 0.2) is 11.2 Å². The van der Waals surface area contributed by atoms with Crippen molar-refractivity contribution in [1.29, 1.82) is 0 Å². The summed E-state index contributed by atoms with van der Waals surface area (Å²) in [6.45, 7) is 9.08. The zero-order chi connectivity index (χ0) is 15.5. The van der Waals surface area contributed by atoms with Crippen LogP contribution in [0.3, 0.4) is 0 Å². The Balaban J connectivity index is 0.00000441. The molecule has 0 fully saturated rings. The third-order valence-corrected chi connectivity index (χ3v) is 3.75. The monoisotopic (exact) mass is 441 g/mol. The molecule has 0 saturated carbocycles. The first-order valence-corrected chi connectivity index (χ1v) is 8.08. The van der Waals surface area contributed by atoms with Crippen LogP contribution in [0.2, 0.25) is 0 Å². The number of aryl methyl sites for hydroxylation is 1. The molecule has 0 unspecified atom stereocenters. The zero-order valence-electron chi connectivity index (χ0n) is 13.9. The van der Waals surface area contributed by atoms with Crippen LogP contribution in [-0.4, -0.2) is 62.8 Å². The van der Waals surface area contributed by atoms with Crippen LogP contribution in [0, 0.1) is 6.92 Å². The summed E-state index contributed by atoms with van der Waals surface area (Å²) < 4.78 is 5.06. The normalized spacial score (nSPS) is 11.4. The van der Waals surface area contributed by atoms with Gasteiger partial charge in [-0.05, 0) is 20.9 Å². The molecule has 22 heavy (non-hydrogen) atoms. The number of thiazole rings is 1. The van der Waals surface area contributed by atoms with Crippen LogP contribution in [0.1, 0.15) is 16.8 Å². The van der Waals surface area contributed by atoms with E-state index < -0.39 is 0 Å². The standard InChI is InChI=1S/C14H27N5OS.HI/c1-5-15-14(16-6-7-19(3)8-9-20-4)18-11-13-17-10-12(2)21-13;/h10H,5-9,11H2,1-4H3,(H2,15,16,18);1H. The van der Waals surface area contributed by atoms with Crippen LogP contribution in [0.25, 0.3) is 0 Å². The molecule has 0 aliphatic rings. The van der Waals surface area contributed by atoms with Gasteiger partial charge in [-0.2, -0.15) is 0 Å². The summed E-state index contributed by atoms with van der Waals surface area (Å²) >= 11 is 1.69. The summed E-state index contributed by atoms with van der Waals surface area (Å²) in [4.78, 5) is 12.3. The fourth-order valence-corrected chi connectivity index (χ4v) is 2.40. The molecule has 1 heterocycles. The quantitative estimate of drug-likeness (QED) is 0.347. The zero-order valence-corrected chi connectivity index (χ0v) is 17.0. The summed E-state index contributed by atoms with van der Waals surface area (Å²) in [5, 5.41) is 7.63. The van der Waals surface area contributed by atoms with Crippen LogP contribution < -0.4 is 10.6 Å². The van der Waals surface area contributed by atoms with Crippen molar-refractivity contribution in [3.05, 3.63) is 16.1 Å². The van der Waals surface area contributed by atoms with Gasteiger partial charge in [-0.1, -0.05) is 0 Å². The Labute approximate surface area is 154 Å². The van der Waals surface area contributed by atoms with Gasteiger partial charge in [0.2, 0.25) is 0 Å². The molecule has 0 atom stereocenters. The maximum Gasteiger partial charge on any atom is 0.191 e. The number of likely N-dealkylation sites (N-methyl/N-ethyl adjacent to an activating group) is 1. The summed E-state index contributed by atoms with van der Waals surface area (Å²) in [6.07, 6.45) is 1.89. The minimum atomic E-state index is 0. The van der Waals surface area contributed by atoms with Crippen molar-refractivity contribution in [3.8, 4) is 0 Å². The lowest BCUT2D eigenvalue weighted by molar-refractivity contribution is 0.162. The average molecular weight is 441 g/mol. The molecule has 0 amide bonds. The lowest BCUT2D eigenvalue weighted by atomic mass is 10.5. The third-order valence-electron chi connectivity index (χ3n) is 2.85. The van der Waals surface area contributed by atoms with Gasteiger partial charge in [-0.3, -0.25) is 0 Å². The van der Waals surface area contributed by atoms with E-state index in [0.717, 1.165) is 43.8 Å². The lowest BCUT2D eigenvalue weighted by Crippen LogP contribution is -2.41. The van der Waals surface area contributed by atoms with Crippen molar-refractivity contribution in [3.63, 3.8) is 0 Å². The summed E-state index contributed by atoms with van der Waals surface area (Å²) in [5.41, 5.74) is 0. The minimum absolute atomic E-state index is 0. The highest BCUT2D eigenvalue weighted by molar-refractivity contribution is 14.0. The highest BCUT2D eigenvalue weighted by Crippen LogP contribution is 2.11. The van der Waals surface area contributed by atoms with Crippen molar-refractivity contribution in [2.45, 2.75) is 20.4 Å². The van der Waals surface area contributed by atoms with E-state index in [1.54, 1.807) is 18.4 Å².